The molecule has 238 valence electrons. The number of aromatic nitrogens is 1. The first kappa shape index (κ1) is 31.4. The van der Waals surface area contributed by atoms with Crippen molar-refractivity contribution in [1.82, 2.24) is 14.8 Å². The number of hydrogen-bond donors (Lipinski definition) is 1. The molecule has 1 saturated heterocycles. The Balaban J connectivity index is 1.32. The molecular formula is C39H43N3O4. The number of ether oxygens (including phenoxy) is 3. The fourth-order valence-corrected chi connectivity index (χ4v) is 6.18. The number of carbonyl (C=O) groups is 1. The van der Waals surface area contributed by atoms with Crippen molar-refractivity contribution in [2.75, 3.05) is 46.5 Å². The van der Waals surface area contributed by atoms with Crippen molar-refractivity contribution in [3.63, 3.8) is 0 Å². The summed E-state index contributed by atoms with van der Waals surface area (Å²) < 4.78 is 19.8. The van der Waals surface area contributed by atoms with Crippen LogP contribution in [-0.4, -0.2) is 61.9 Å². The second-order valence-electron chi connectivity index (χ2n) is 12.0. The molecule has 1 fully saturated rings. The lowest BCUT2D eigenvalue weighted by Gasteiger charge is -2.26. The summed E-state index contributed by atoms with van der Waals surface area (Å²) in [5, 5.41) is 4.34. The first-order valence-electron chi connectivity index (χ1n) is 16.1. The minimum Gasteiger partial charge on any atom is -0.493 e. The molecule has 5 aromatic rings. The van der Waals surface area contributed by atoms with Crippen molar-refractivity contribution in [2.45, 2.75) is 32.4 Å². The number of carbonyl (C=O) groups excluding carboxylic acids is 1. The summed E-state index contributed by atoms with van der Waals surface area (Å²) in [6.07, 6.45) is 2.54. The van der Waals surface area contributed by atoms with Gasteiger partial charge in [-0.15, -0.1) is 0 Å². The maximum absolute atomic E-state index is 13.6. The third-order valence-corrected chi connectivity index (χ3v) is 8.74. The molecule has 2 heterocycles. The second-order valence-corrected chi connectivity index (χ2v) is 12.0. The molecule has 1 aliphatic rings. The van der Waals surface area contributed by atoms with Crippen LogP contribution in [0.4, 0.5) is 0 Å². The van der Waals surface area contributed by atoms with Crippen LogP contribution in [0.2, 0.25) is 0 Å². The van der Waals surface area contributed by atoms with Crippen molar-refractivity contribution >= 4 is 16.8 Å². The zero-order valence-electron chi connectivity index (χ0n) is 26.8. The van der Waals surface area contributed by atoms with E-state index >= 15 is 0 Å². The van der Waals surface area contributed by atoms with Crippen LogP contribution in [0.1, 0.15) is 40.2 Å². The Morgan fingerprint density at radius 1 is 0.891 bits per heavy atom. The van der Waals surface area contributed by atoms with E-state index in [2.05, 4.69) is 82.5 Å². The number of morpholine rings is 1. The molecule has 0 bridgehead atoms. The first-order chi connectivity index (χ1) is 22.6. The fraction of sp³-hybridized carbons (Fsp3) is 0.308. The van der Waals surface area contributed by atoms with E-state index in [1.54, 1.807) is 7.11 Å². The lowest BCUT2D eigenvalue weighted by Crippen LogP contribution is -2.41. The number of nitrogens with one attached hydrogen (secondary N) is 1. The van der Waals surface area contributed by atoms with Gasteiger partial charge < -0.3 is 24.1 Å². The highest BCUT2D eigenvalue weighted by atomic mass is 16.5. The van der Waals surface area contributed by atoms with E-state index < -0.39 is 0 Å². The van der Waals surface area contributed by atoms with Crippen LogP contribution in [0.3, 0.4) is 0 Å². The number of benzene rings is 4. The number of nitrogens with zero attached hydrogens (tertiary/aromatic N) is 2. The van der Waals surface area contributed by atoms with Gasteiger partial charge in [0.1, 0.15) is 6.61 Å². The monoisotopic (exact) mass is 617 g/mol. The average molecular weight is 618 g/mol. The summed E-state index contributed by atoms with van der Waals surface area (Å²) in [5.41, 5.74) is 6.81. The average Bonchev–Trinajstić information content (AvgIpc) is 3.46. The highest BCUT2D eigenvalue weighted by Crippen LogP contribution is 2.39. The summed E-state index contributed by atoms with van der Waals surface area (Å²) in [6.45, 7) is 7.98. The van der Waals surface area contributed by atoms with E-state index in [4.69, 9.17) is 14.2 Å². The van der Waals surface area contributed by atoms with Gasteiger partial charge in [-0.1, -0.05) is 84.4 Å². The minimum absolute atomic E-state index is 0.0243. The molecule has 0 spiro atoms. The molecule has 0 radical (unpaired) electrons. The molecule has 1 aromatic heterocycles. The predicted molar refractivity (Wildman–Crippen MR) is 183 cm³/mol. The predicted octanol–water partition coefficient (Wildman–Crippen LogP) is 6.56. The number of amides is 1. The zero-order valence-corrected chi connectivity index (χ0v) is 26.8. The number of aryl methyl sites for hydroxylation is 1. The SMILES string of the molecule is COc1ccc(C(CC(=O)NCCN2CCOCC2)c2cn(Cc3ccc(C)cc3)c3ccccc23)cc1OCc1ccccc1. The van der Waals surface area contributed by atoms with E-state index in [9.17, 15) is 4.79 Å². The molecule has 7 heteroatoms. The third-order valence-electron chi connectivity index (χ3n) is 8.74. The summed E-state index contributed by atoms with van der Waals surface area (Å²) in [4.78, 5) is 15.9. The van der Waals surface area contributed by atoms with Crippen molar-refractivity contribution in [3.05, 3.63) is 131 Å². The highest BCUT2D eigenvalue weighted by molar-refractivity contribution is 5.87. The van der Waals surface area contributed by atoms with Crippen molar-refractivity contribution in [2.24, 2.45) is 0 Å². The van der Waals surface area contributed by atoms with Crippen LogP contribution in [-0.2, 0) is 22.7 Å². The number of fused-ring (bicyclic) bond motifs is 1. The summed E-state index contributed by atoms with van der Waals surface area (Å²) in [6, 6.07) is 33.3. The zero-order chi connectivity index (χ0) is 31.7. The Hall–Kier alpha value is -4.59. The molecule has 46 heavy (non-hydrogen) atoms. The molecule has 0 saturated carbocycles. The lowest BCUT2D eigenvalue weighted by atomic mass is 9.87. The number of rotatable bonds is 13. The van der Waals surface area contributed by atoms with Crippen molar-refractivity contribution < 1.29 is 19.0 Å². The van der Waals surface area contributed by atoms with Crippen LogP contribution in [0.15, 0.2) is 103 Å². The van der Waals surface area contributed by atoms with Gasteiger partial charge in [0, 0.05) is 62.2 Å². The molecule has 1 atom stereocenters. The maximum Gasteiger partial charge on any atom is 0.220 e. The summed E-state index contributed by atoms with van der Waals surface area (Å²) in [5.74, 6) is 1.15. The Labute approximate surface area is 271 Å². The fourth-order valence-electron chi connectivity index (χ4n) is 6.18. The third kappa shape index (κ3) is 7.79. The Kier molecular flexibility index (Phi) is 10.3. The van der Waals surface area contributed by atoms with E-state index in [-0.39, 0.29) is 11.8 Å². The maximum atomic E-state index is 13.6. The topological polar surface area (TPSA) is 65.0 Å². The minimum atomic E-state index is -0.197. The van der Waals surface area contributed by atoms with Crippen LogP contribution in [0.25, 0.3) is 10.9 Å². The molecule has 1 amide bonds. The Morgan fingerprint density at radius 3 is 2.43 bits per heavy atom. The van der Waals surface area contributed by atoms with Crippen molar-refractivity contribution in [3.8, 4) is 11.5 Å². The van der Waals surface area contributed by atoms with Gasteiger partial charge in [0.25, 0.3) is 0 Å². The lowest BCUT2D eigenvalue weighted by molar-refractivity contribution is -0.121. The largest absolute Gasteiger partial charge is 0.493 e. The first-order valence-corrected chi connectivity index (χ1v) is 16.1. The van der Waals surface area contributed by atoms with Gasteiger partial charge in [0.15, 0.2) is 11.5 Å². The number of methoxy groups -OCH3 is 1. The van der Waals surface area contributed by atoms with E-state index in [0.29, 0.717) is 31.1 Å². The molecule has 1 unspecified atom stereocenters. The second kappa shape index (κ2) is 15.1. The van der Waals surface area contributed by atoms with Crippen LogP contribution < -0.4 is 14.8 Å². The van der Waals surface area contributed by atoms with E-state index in [0.717, 1.165) is 67.0 Å². The van der Waals surface area contributed by atoms with Crippen LogP contribution >= 0.6 is 0 Å². The summed E-state index contributed by atoms with van der Waals surface area (Å²) >= 11 is 0. The summed E-state index contributed by atoms with van der Waals surface area (Å²) in [7, 11) is 1.66. The molecular weight excluding hydrogens is 574 g/mol. The van der Waals surface area contributed by atoms with Gasteiger partial charge in [-0.2, -0.15) is 0 Å². The van der Waals surface area contributed by atoms with Gasteiger partial charge in [-0.25, -0.2) is 0 Å². The van der Waals surface area contributed by atoms with Gasteiger partial charge in [0.05, 0.1) is 20.3 Å². The smallest absolute Gasteiger partial charge is 0.220 e. The van der Waals surface area contributed by atoms with E-state index in [1.807, 2.05) is 42.5 Å². The molecule has 1 aliphatic heterocycles. The number of para-hydroxylation sites is 1. The number of hydrogen-bond acceptors (Lipinski definition) is 5. The van der Waals surface area contributed by atoms with Gasteiger partial charge in [0.2, 0.25) is 5.91 Å². The van der Waals surface area contributed by atoms with E-state index in [1.165, 1.54) is 11.1 Å². The van der Waals surface area contributed by atoms with Gasteiger partial charge >= 0.3 is 0 Å². The molecule has 1 N–H and O–H groups in total. The normalized spacial score (nSPS) is 14.2. The highest BCUT2D eigenvalue weighted by Gasteiger charge is 2.24. The molecule has 4 aromatic carbocycles. The van der Waals surface area contributed by atoms with Crippen molar-refractivity contribution in [1.29, 1.82) is 0 Å². The molecule has 0 aliphatic carbocycles. The molecule has 7 nitrogen and oxygen atoms in total. The van der Waals surface area contributed by atoms with Crippen LogP contribution in [0.5, 0.6) is 11.5 Å². The standard InChI is InChI=1S/C39H43N3O4/c1-29-12-14-30(15-13-29)26-42-27-35(33-10-6-7-11-36(33)42)34(25-39(43)40-18-19-41-20-22-45-23-21-41)32-16-17-37(44-2)38(24-32)46-28-31-8-4-3-5-9-31/h3-17,24,27,34H,18-23,25-26,28H2,1-2H3,(H,40,43). The molecule has 6 rings (SSSR count). The quantitative estimate of drug-likeness (QED) is 0.162. The van der Waals surface area contributed by atoms with Gasteiger partial charge in [-0.3, -0.25) is 9.69 Å². The Bertz CT molecular complexity index is 1730. The van der Waals surface area contributed by atoms with Gasteiger partial charge in [-0.05, 0) is 47.4 Å². The Morgan fingerprint density at radius 2 is 1.65 bits per heavy atom. The van der Waals surface area contributed by atoms with Crippen LogP contribution in [0, 0.1) is 6.92 Å².